The molecule has 104 valence electrons. The maximum Gasteiger partial charge on any atom is 0.0625 e. The van der Waals surface area contributed by atoms with Gasteiger partial charge in [-0.1, -0.05) is 6.92 Å². The molecule has 0 saturated heterocycles. The van der Waals surface area contributed by atoms with Gasteiger partial charge in [-0.25, -0.2) is 0 Å². The third-order valence-electron chi connectivity index (χ3n) is 3.65. The summed E-state index contributed by atoms with van der Waals surface area (Å²) in [6, 6.07) is 2.21. The zero-order chi connectivity index (χ0) is 13.8. The highest BCUT2D eigenvalue weighted by molar-refractivity contribution is 5.10. The van der Waals surface area contributed by atoms with Gasteiger partial charge in [-0.15, -0.1) is 0 Å². The van der Waals surface area contributed by atoms with Gasteiger partial charge < -0.3 is 10.2 Å². The number of hydrogen-bond acceptors (Lipinski definition) is 3. The molecule has 18 heavy (non-hydrogen) atoms. The second kappa shape index (κ2) is 6.34. The highest BCUT2D eigenvalue weighted by atomic mass is 15.3. The van der Waals surface area contributed by atoms with Crippen LogP contribution in [0.2, 0.25) is 0 Å². The molecular formula is C14H28N4. The summed E-state index contributed by atoms with van der Waals surface area (Å²) in [5.41, 5.74) is 2.63. The van der Waals surface area contributed by atoms with E-state index in [1.807, 2.05) is 0 Å². The molecule has 0 aromatic carbocycles. The van der Waals surface area contributed by atoms with Crippen molar-refractivity contribution in [3.05, 3.63) is 17.5 Å². The molecule has 4 heteroatoms. The van der Waals surface area contributed by atoms with Crippen LogP contribution in [0, 0.1) is 0 Å². The fraction of sp³-hybridized carbons (Fsp3) is 0.786. The third kappa shape index (κ3) is 3.82. The second-order valence-corrected chi connectivity index (χ2v) is 5.61. The molecule has 0 atom stereocenters. The average Bonchev–Trinajstić information content (AvgIpc) is 2.71. The monoisotopic (exact) mass is 252 g/mol. The third-order valence-corrected chi connectivity index (χ3v) is 3.65. The quantitative estimate of drug-likeness (QED) is 0.804. The minimum absolute atomic E-state index is 0.171. The summed E-state index contributed by atoms with van der Waals surface area (Å²) in [6.07, 6.45) is 1.00. The number of nitrogens with zero attached hydrogens (tertiary/aromatic N) is 3. The molecule has 0 spiro atoms. The summed E-state index contributed by atoms with van der Waals surface area (Å²) in [6.45, 7) is 11.6. The van der Waals surface area contributed by atoms with Crippen molar-refractivity contribution in [3.8, 4) is 0 Å². The predicted molar refractivity (Wildman–Crippen MR) is 76.8 cm³/mol. The Kier molecular flexibility index (Phi) is 5.35. The van der Waals surface area contributed by atoms with Crippen molar-refractivity contribution in [1.82, 2.24) is 20.0 Å². The fourth-order valence-electron chi connectivity index (χ4n) is 1.76. The maximum atomic E-state index is 4.56. The first kappa shape index (κ1) is 15.2. The largest absolute Gasteiger partial charge is 0.309 e. The van der Waals surface area contributed by atoms with Gasteiger partial charge in [-0.05, 0) is 47.4 Å². The van der Waals surface area contributed by atoms with Crippen molar-refractivity contribution in [2.24, 2.45) is 0 Å². The minimum Gasteiger partial charge on any atom is -0.309 e. The number of rotatable bonds is 7. The van der Waals surface area contributed by atoms with E-state index in [4.69, 9.17) is 0 Å². The van der Waals surface area contributed by atoms with Gasteiger partial charge >= 0.3 is 0 Å². The summed E-state index contributed by atoms with van der Waals surface area (Å²) in [5, 5.41) is 8.10. The maximum absolute atomic E-state index is 4.56. The predicted octanol–water partition coefficient (Wildman–Crippen LogP) is 1.90. The lowest BCUT2D eigenvalue weighted by Crippen LogP contribution is -2.46. The number of nitrogens with one attached hydrogen (secondary N) is 1. The van der Waals surface area contributed by atoms with Gasteiger partial charge in [0.1, 0.15) is 0 Å². The summed E-state index contributed by atoms with van der Waals surface area (Å²) in [4.78, 5) is 2.24. The second-order valence-electron chi connectivity index (χ2n) is 5.61. The molecule has 1 rings (SSSR count). The Morgan fingerprint density at radius 1 is 1.33 bits per heavy atom. The number of hydrogen-bond donors (Lipinski definition) is 1. The number of likely N-dealkylation sites (N-methyl/N-ethyl adjacent to an activating group) is 1. The van der Waals surface area contributed by atoms with Gasteiger partial charge in [-0.2, -0.15) is 5.10 Å². The van der Waals surface area contributed by atoms with Crippen LogP contribution >= 0.6 is 0 Å². The molecule has 0 aliphatic rings. The molecule has 0 radical (unpaired) electrons. The topological polar surface area (TPSA) is 33.1 Å². The van der Waals surface area contributed by atoms with Crippen LogP contribution in [0.3, 0.4) is 0 Å². The molecule has 0 saturated carbocycles. The van der Waals surface area contributed by atoms with Crippen LogP contribution in [-0.4, -0.2) is 40.9 Å². The van der Waals surface area contributed by atoms with Crippen LogP contribution in [-0.2, 0) is 19.5 Å². The van der Waals surface area contributed by atoms with Gasteiger partial charge in [-0.3, -0.25) is 4.68 Å². The van der Waals surface area contributed by atoms with Gasteiger partial charge in [0.2, 0.25) is 0 Å². The van der Waals surface area contributed by atoms with Crippen LogP contribution in [0.15, 0.2) is 6.07 Å². The lowest BCUT2D eigenvalue weighted by molar-refractivity contribution is 0.189. The summed E-state index contributed by atoms with van der Waals surface area (Å²) >= 11 is 0. The van der Waals surface area contributed by atoms with E-state index in [0.29, 0.717) is 0 Å². The molecule has 0 bridgehead atoms. The summed E-state index contributed by atoms with van der Waals surface area (Å²) in [7, 11) is 4.24. The molecule has 1 aromatic heterocycles. The van der Waals surface area contributed by atoms with Crippen LogP contribution in [0.5, 0.6) is 0 Å². The van der Waals surface area contributed by atoms with E-state index in [2.05, 4.69) is 67.9 Å². The molecule has 0 unspecified atom stereocenters. The molecular weight excluding hydrogens is 224 g/mol. The van der Waals surface area contributed by atoms with Gasteiger partial charge in [0, 0.05) is 25.2 Å². The molecule has 0 amide bonds. The van der Waals surface area contributed by atoms with Crippen LogP contribution in [0.4, 0.5) is 0 Å². The number of aryl methyl sites for hydroxylation is 2. The van der Waals surface area contributed by atoms with Crippen molar-refractivity contribution in [3.63, 3.8) is 0 Å². The van der Waals surface area contributed by atoms with Crippen LogP contribution in [0.25, 0.3) is 0 Å². The summed E-state index contributed by atoms with van der Waals surface area (Å²) in [5.74, 6) is 0. The van der Waals surface area contributed by atoms with Crippen molar-refractivity contribution >= 4 is 0 Å². The van der Waals surface area contributed by atoms with E-state index in [1.54, 1.807) is 0 Å². The Balaban J connectivity index is 2.56. The normalized spacial score (nSPS) is 12.4. The van der Waals surface area contributed by atoms with Crippen LogP contribution in [0.1, 0.15) is 39.1 Å². The lowest BCUT2D eigenvalue weighted by atomic mass is 10.0. The minimum atomic E-state index is 0.171. The SMILES string of the molecule is CCc1cc(CNCC(C)(C)N(C)C)n(CC)n1. The highest BCUT2D eigenvalue weighted by Gasteiger charge is 2.19. The first-order chi connectivity index (χ1) is 8.40. The Labute approximate surface area is 111 Å². The Hall–Kier alpha value is -0.870. The zero-order valence-electron chi connectivity index (χ0n) is 12.7. The summed E-state index contributed by atoms with van der Waals surface area (Å²) < 4.78 is 2.09. The van der Waals surface area contributed by atoms with E-state index in [1.165, 1.54) is 11.4 Å². The molecule has 1 N–H and O–H groups in total. The highest BCUT2D eigenvalue weighted by Crippen LogP contribution is 2.09. The standard InChI is InChI=1S/C14H28N4/c1-7-12-9-13(18(8-2)16-12)10-15-11-14(3,4)17(5)6/h9,15H,7-8,10-11H2,1-6H3. The Morgan fingerprint density at radius 2 is 2.00 bits per heavy atom. The first-order valence-electron chi connectivity index (χ1n) is 6.84. The van der Waals surface area contributed by atoms with Gasteiger partial charge in [0.25, 0.3) is 0 Å². The van der Waals surface area contributed by atoms with E-state index < -0.39 is 0 Å². The molecule has 0 fully saturated rings. The van der Waals surface area contributed by atoms with E-state index in [-0.39, 0.29) is 5.54 Å². The van der Waals surface area contributed by atoms with Crippen molar-refractivity contribution < 1.29 is 0 Å². The molecule has 0 aliphatic heterocycles. The molecule has 0 aliphatic carbocycles. The molecule has 1 aromatic rings. The van der Waals surface area contributed by atoms with Crippen LogP contribution < -0.4 is 5.32 Å². The molecule has 1 heterocycles. The van der Waals surface area contributed by atoms with Crippen molar-refractivity contribution in [2.75, 3.05) is 20.6 Å². The Morgan fingerprint density at radius 3 is 2.50 bits per heavy atom. The van der Waals surface area contributed by atoms with E-state index in [0.717, 1.165) is 26.1 Å². The Bertz CT molecular complexity index is 366. The lowest BCUT2D eigenvalue weighted by Gasteiger charge is -2.32. The molecule has 4 nitrogen and oxygen atoms in total. The average molecular weight is 252 g/mol. The van der Waals surface area contributed by atoms with Crippen molar-refractivity contribution in [2.45, 2.75) is 52.7 Å². The number of aromatic nitrogens is 2. The zero-order valence-corrected chi connectivity index (χ0v) is 12.7. The van der Waals surface area contributed by atoms with Crippen molar-refractivity contribution in [1.29, 1.82) is 0 Å². The van der Waals surface area contributed by atoms with E-state index in [9.17, 15) is 0 Å². The van der Waals surface area contributed by atoms with Gasteiger partial charge in [0.15, 0.2) is 0 Å². The van der Waals surface area contributed by atoms with E-state index >= 15 is 0 Å². The first-order valence-corrected chi connectivity index (χ1v) is 6.84. The fourth-order valence-corrected chi connectivity index (χ4v) is 1.76. The van der Waals surface area contributed by atoms with Gasteiger partial charge in [0.05, 0.1) is 11.4 Å². The smallest absolute Gasteiger partial charge is 0.0625 e.